The minimum atomic E-state index is 0.232. The molecule has 0 spiro atoms. The zero-order valence-electron chi connectivity index (χ0n) is 12.2. The van der Waals surface area contributed by atoms with Crippen LogP contribution in [0.5, 0.6) is 0 Å². The first-order valence-electron chi connectivity index (χ1n) is 7.65. The number of hydrogen-bond donors (Lipinski definition) is 2. The number of nitrogens with one attached hydrogen (secondary N) is 2. The van der Waals surface area contributed by atoms with Crippen LogP contribution in [0, 0.1) is 0 Å². The maximum Gasteiger partial charge on any atom is 0.220 e. The lowest BCUT2D eigenvalue weighted by atomic mass is 10.1. The molecule has 1 amide bonds. The number of carbonyl (C=O) groups excluding carboxylic acids is 1. The van der Waals surface area contributed by atoms with Gasteiger partial charge in [-0.3, -0.25) is 4.79 Å². The minimum Gasteiger partial charge on any atom is -0.352 e. The van der Waals surface area contributed by atoms with Crippen molar-refractivity contribution in [1.82, 2.24) is 20.4 Å². The molecule has 0 aromatic rings. The first-order chi connectivity index (χ1) is 9.24. The summed E-state index contributed by atoms with van der Waals surface area (Å²) in [5, 5.41) is 6.52. The van der Waals surface area contributed by atoms with Gasteiger partial charge >= 0.3 is 0 Å². The van der Waals surface area contributed by atoms with E-state index in [2.05, 4.69) is 27.5 Å². The summed E-state index contributed by atoms with van der Waals surface area (Å²) in [5.74, 6) is 0.232. The van der Waals surface area contributed by atoms with Gasteiger partial charge in [0.1, 0.15) is 0 Å². The Morgan fingerprint density at radius 3 is 2.84 bits per heavy atom. The van der Waals surface area contributed by atoms with E-state index in [1.807, 2.05) is 0 Å². The fraction of sp³-hybridized carbons (Fsp3) is 0.929. The highest BCUT2D eigenvalue weighted by atomic mass is 16.1. The van der Waals surface area contributed by atoms with Crippen LogP contribution in [0.4, 0.5) is 0 Å². The molecule has 1 unspecified atom stereocenters. The monoisotopic (exact) mass is 268 g/mol. The molecule has 0 radical (unpaired) electrons. The van der Waals surface area contributed by atoms with Crippen LogP contribution in [0.2, 0.25) is 0 Å². The molecule has 2 heterocycles. The minimum absolute atomic E-state index is 0.232. The van der Waals surface area contributed by atoms with E-state index >= 15 is 0 Å². The highest BCUT2D eigenvalue weighted by Crippen LogP contribution is 2.08. The van der Waals surface area contributed by atoms with Crippen molar-refractivity contribution >= 4 is 5.91 Å². The molecule has 0 aromatic carbocycles. The molecule has 0 bridgehead atoms. The fourth-order valence-corrected chi connectivity index (χ4v) is 2.98. The van der Waals surface area contributed by atoms with E-state index < -0.39 is 0 Å². The molecule has 2 N–H and O–H groups in total. The van der Waals surface area contributed by atoms with Gasteiger partial charge in [-0.05, 0) is 39.4 Å². The van der Waals surface area contributed by atoms with Crippen molar-refractivity contribution in [2.75, 3.05) is 52.9 Å². The number of piperidine rings is 1. The highest BCUT2D eigenvalue weighted by Gasteiger charge is 2.18. The van der Waals surface area contributed by atoms with Crippen molar-refractivity contribution in [3.63, 3.8) is 0 Å². The number of piperazine rings is 1. The molecular weight excluding hydrogens is 240 g/mol. The third kappa shape index (κ3) is 5.47. The molecule has 2 rings (SSSR count). The second-order valence-corrected chi connectivity index (χ2v) is 5.86. The number of amides is 1. The summed E-state index contributed by atoms with van der Waals surface area (Å²) in [6, 6.07) is 0.366. The highest BCUT2D eigenvalue weighted by molar-refractivity contribution is 5.76. The summed E-state index contributed by atoms with van der Waals surface area (Å²) < 4.78 is 0. The van der Waals surface area contributed by atoms with Crippen LogP contribution in [0.1, 0.15) is 25.7 Å². The maximum atomic E-state index is 11.9. The Hall–Kier alpha value is -0.650. The van der Waals surface area contributed by atoms with Crippen molar-refractivity contribution in [2.24, 2.45) is 0 Å². The van der Waals surface area contributed by atoms with E-state index in [0.717, 1.165) is 58.7 Å². The normalized spacial score (nSPS) is 26.3. The maximum absolute atomic E-state index is 11.9. The van der Waals surface area contributed by atoms with Crippen LogP contribution in [-0.4, -0.2) is 74.6 Å². The Bertz CT molecular complexity index is 279. The van der Waals surface area contributed by atoms with E-state index in [0.29, 0.717) is 12.5 Å². The second kappa shape index (κ2) is 7.82. The Morgan fingerprint density at radius 1 is 1.32 bits per heavy atom. The summed E-state index contributed by atoms with van der Waals surface area (Å²) in [4.78, 5) is 16.6. The van der Waals surface area contributed by atoms with Crippen LogP contribution in [-0.2, 0) is 4.79 Å². The second-order valence-electron chi connectivity index (χ2n) is 5.86. The zero-order chi connectivity index (χ0) is 13.5. The molecule has 2 saturated heterocycles. The standard InChI is InChI=1S/C14H28N4O/c1-17-8-2-4-13(12-17)16-14(19)5-3-9-18-10-6-15-7-11-18/h13,15H,2-12H2,1H3,(H,16,19). The average Bonchev–Trinajstić information content (AvgIpc) is 2.40. The third-order valence-electron chi connectivity index (χ3n) is 4.08. The van der Waals surface area contributed by atoms with Gasteiger partial charge < -0.3 is 20.4 Å². The predicted octanol–water partition coefficient (Wildman–Crippen LogP) is -0.118. The van der Waals surface area contributed by atoms with Crippen LogP contribution in [0.3, 0.4) is 0 Å². The molecule has 110 valence electrons. The molecule has 2 aliphatic rings. The molecular formula is C14H28N4O. The number of likely N-dealkylation sites (N-methyl/N-ethyl adjacent to an activating group) is 1. The van der Waals surface area contributed by atoms with Crippen LogP contribution >= 0.6 is 0 Å². The molecule has 0 aliphatic carbocycles. The van der Waals surface area contributed by atoms with Gasteiger partial charge in [-0.15, -0.1) is 0 Å². The van der Waals surface area contributed by atoms with Crippen molar-refractivity contribution in [2.45, 2.75) is 31.7 Å². The van der Waals surface area contributed by atoms with Crippen LogP contribution in [0.25, 0.3) is 0 Å². The average molecular weight is 268 g/mol. The van der Waals surface area contributed by atoms with Gasteiger partial charge in [0, 0.05) is 45.2 Å². The fourth-order valence-electron chi connectivity index (χ4n) is 2.98. The number of likely N-dealkylation sites (tertiary alicyclic amines) is 1. The van der Waals surface area contributed by atoms with E-state index in [4.69, 9.17) is 0 Å². The molecule has 0 saturated carbocycles. The van der Waals surface area contributed by atoms with Crippen molar-refractivity contribution in [3.8, 4) is 0 Å². The smallest absolute Gasteiger partial charge is 0.220 e. The number of carbonyl (C=O) groups is 1. The summed E-state index contributed by atoms with van der Waals surface area (Å²) in [6.07, 6.45) is 3.98. The van der Waals surface area contributed by atoms with E-state index in [9.17, 15) is 4.79 Å². The molecule has 2 fully saturated rings. The predicted molar refractivity (Wildman–Crippen MR) is 77.2 cm³/mol. The SMILES string of the molecule is CN1CCCC(NC(=O)CCCN2CCNCC2)C1. The van der Waals surface area contributed by atoms with Gasteiger partial charge in [0.15, 0.2) is 0 Å². The number of rotatable bonds is 5. The zero-order valence-corrected chi connectivity index (χ0v) is 12.2. The van der Waals surface area contributed by atoms with Gasteiger partial charge in [-0.1, -0.05) is 0 Å². The lowest BCUT2D eigenvalue weighted by Gasteiger charge is -2.30. The Balaban J connectivity index is 1.56. The van der Waals surface area contributed by atoms with Crippen molar-refractivity contribution < 1.29 is 4.79 Å². The molecule has 2 aliphatic heterocycles. The van der Waals surface area contributed by atoms with Crippen molar-refractivity contribution in [3.05, 3.63) is 0 Å². The number of hydrogen-bond acceptors (Lipinski definition) is 4. The van der Waals surface area contributed by atoms with Gasteiger partial charge in [-0.25, -0.2) is 0 Å². The quantitative estimate of drug-likeness (QED) is 0.730. The molecule has 5 nitrogen and oxygen atoms in total. The Labute approximate surface area is 116 Å². The van der Waals surface area contributed by atoms with Crippen molar-refractivity contribution in [1.29, 1.82) is 0 Å². The summed E-state index contributed by atoms with van der Waals surface area (Å²) >= 11 is 0. The summed E-state index contributed by atoms with van der Waals surface area (Å²) in [5.41, 5.74) is 0. The molecule has 0 aromatic heterocycles. The van der Waals surface area contributed by atoms with Gasteiger partial charge in [0.2, 0.25) is 5.91 Å². The Morgan fingerprint density at radius 2 is 2.11 bits per heavy atom. The van der Waals surface area contributed by atoms with Crippen LogP contribution < -0.4 is 10.6 Å². The lowest BCUT2D eigenvalue weighted by molar-refractivity contribution is -0.122. The Kier molecular flexibility index (Phi) is 6.07. The lowest BCUT2D eigenvalue weighted by Crippen LogP contribution is -2.46. The first kappa shape index (κ1) is 14.8. The molecule has 19 heavy (non-hydrogen) atoms. The number of nitrogens with zero attached hydrogens (tertiary/aromatic N) is 2. The third-order valence-corrected chi connectivity index (χ3v) is 4.08. The van der Waals surface area contributed by atoms with Gasteiger partial charge in [-0.2, -0.15) is 0 Å². The summed E-state index contributed by atoms with van der Waals surface area (Å²) in [7, 11) is 2.13. The largest absolute Gasteiger partial charge is 0.352 e. The topological polar surface area (TPSA) is 47.6 Å². The van der Waals surface area contributed by atoms with Crippen LogP contribution in [0.15, 0.2) is 0 Å². The van der Waals surface area contributed by atoms with E-state index in [1.54, 1.807) is 0 Å². The van der Waals surface area contributed by atoms with E-state index in [-0.39, 0.29) is 5.91 Å². The molecule has 1 atom stereocenters. The van der Waals surface area contributed by atoms with Gasteiger partial charge in [0.05, 0.1) is 0 Å². The molecule has 5 heteroatoms. The first-order valence-corrected chi connectivity index (χ1v) is 7.65. The summed E-state index contributed by atoms with van der Waals surface area (Å²) in [6.45, 7) is 7.63. The van der Waals surface area contributed by atoms with E-state index in [1.165, 1.54) is 6.42 Å². The van der Waals surface area contributed by atoms with Gasteiger partial charge in [0.25, 0.3) is 0 Å².